The summed E-state index contributed by atoms with van der Waals surface area (Å²) in [6, 6.07) is 9.24. The Bertz CT molecular complexity index is 974. The lowest BCUT2D eigenvalue weighted by molar-refractivity contribution is 0.104. The summed E-state index contributed by atoms with van der Waals surface area (Å²) in [5, 5.41) is 10.0. The van der Waals surface area contributed by atoms with Gasteiger partial charge in [0.15, 0.2) is 5.78 Å². The van der Waals surface area contributed by atoms with Crippen LogP contribution in [0.25, 0.3) is 12.2 Å². The molecule has 0 spiro atoms. The van der Waals surface area contributed by atoms with E-state index in [-0.39, 0.29) is 11.3 Å². The van der Waals surface area contributed by atoms with Crippen molar-refractivity contribution in [1.29, 1.82) is 0 Å². The van der Waals surface area contributed by atoms with Crippen LogP contribution in [0.2, 0.25) is 0 Å². The third-order valence-electron chi connectivity index (χ3n) is 4.74. The molecular weight excluding hydrogens is 342 g/mol. The van der Waals surface area contributed by atoms with Crippen LogP contribution in [0.5, 0.6) is 5.75 Å². The Morgan fingerprint density at radius 3 is 2.63 bits per heavy atom. The second-order valence-corrected chi connectivity index (χ2v) is 6.69. The summed E-state index contributed by atoms with van der Waals surface area (Å²) >= 11 is 0. The van der Waals surface area contributed by atoms with Gasteiger partial charge < -0.3 is 14.4 Å². The summed E-state index contributed by atoms with van der Waals surface area (Å²) in [5.41, 5.74) is 3.15. The molecule has 0 amide bonds. The molecule has 1 fully saturated rings. The van der Waals surface area contributed by atoms with Gasteiger partial charge >= 0.3 is 0 Å². The number of hydrogen-bond acceptors (Lipinski definition) is 4. The Balaban J connectivity index is 1.82. The van der Waals surface area contributed by atoms with Gasteiger partial charge in [-0.2, -0.15) is 0 Å². The van der Waals surface area contributed by atoms with Gasteiger partial charge in [0.2, 0.25) is 0 Å². The van der Waals surface area contributed by atoms with Crippen LogP contribution in [-0.4, -0.2) is 28.7 Å². The van der Waals surface area contributed by atoms with Gasteiger partial charge in [0.25, 0.3) is 5.56 Å². The molecule has 0 saturated carbocycles. The molecule has 1 aliphatic rings. The molecule has 5 heteroatoms. The van der Waals surface area contributed by atoms with Crippen LogP contribution in [0.3, 0.4) is 0 Å². The maximum absolute atomic E-state index is 12.4. The van der Waals surface area contributed by atoms with Crippen LogP contribution < -0.4 is 5.56 Å². The summed E-state index contributed by atoms with van der Waals surface area (Å²) in [4.78, 5) is 24.7. The smallest absolute Gasteiger partial charge is 0.265 e. The molecule has 5 nitrogen and oxygen atoms in total. The summed E-state index contributed by atoms with van der Waals surface area (Å²) in [6.07, 6.45) is 7.02. The van der Waals surface area contributed by atoms with Gasteiger partial charge in [-0.3, -0.25) is 9.59 Å². The molecule has 0 atom stereocenters. The standard InChI is InChI=1S/C22H23NO4/c1-15-12-20(25)21(22(26)23(15)2)19(24)7-6-16-4-3-5-18(13-16)14-17-8-10-27-11-9-17/h3-7,12-14,25H,8-11H2,1-2H3/b7-6+. The van der Waals surface area contributed by atoms with E-state index in [9.17, 15) is 14.7 Å². The molecule has 3 rings (SSSR count). The van der Waals surface area contributed by atoms with Crippen molar-refractivity contribution in [2.45, 2.75) is 19.8 Å². The van der Waals surface area contributed by atoms with Gasteiger partial charge in [-0.1, -0.05) is 35.9 Å². The molecular formula is C22H23NO4. The van der Waals surface area contributed by atoms with Crippen LogP contribution in [0, 0.1) is 6.92 Å². The van der Waals surface area contributed by atoms with Gasteiger partial charge in [0, 0.05) is 18.8 Å². The highest BCUT2D eigenvalue weighted by atomic mass is 16.5. The molecule has 0 unspecified atom stereocenters. The Kier molecular flexibility index (Phi) is 5.72. The fraction of sp³-hybridized carbons (Fsp3) is 0.273. The molecule has 1 aromatic carbocycles. The zero-order chi connectivity index (χ0) is 19.4. The molecule has 0 bridgehead atoms. The minimum Gasteiger partial charge on any atom is -0.507 e. The Morgan fingerprint density at radius 1 is 1.19 bits per heavy atom. The number of ketones is 1. The number of rotatable bonds is 4. The molecule has 1 N–H and O–H groups in total. The molecule has 27 heavy (non-hydrogen) atoms. The van der Waals surface area contributed by atoms with Gasteiger partial charge in [-0.25, -0.2) is 0 Å². The highest BCUT2D eigenvalue weighted by molar-refractivity contribution is 6.08. The predicted molar refractivity (Wildman–Crippen MR) is 106 cm³/mol. The Morgan fingerprint density at radius 2 is 1.89 bits per heavy atom. The van der Waals surface area contributed by atoms with Gasteiger partial charge in [0.05, 0.1) is 13.2 Å². The maximum atomic E-state index is 12.4. The van der Waals surface area contributed by atoms with Crippen molar-refractivity contribution in [2.24, 2.45) is 7.05 Å². The lowest BCUT2D eigenvalue weighted by Crippen LogP contribution is -2.25. The molecule has 2 heterocycles. The predicted octanol–water partition coefficient (Wildman–Crippen LogP) is 3.49. The number of allylic oxidation sites excluding steroid dienone is 1. The number of ether oxygens (including phenoxy) is 1. The quantitative estimate of drug-likeness (QED) is 0.665. The summed E-state index contributed by atoms with van der Waals surface area (Å²) in [5.74, 6) is -0.801. The van der Waals surface area contributed by atoms with Crippen LogP contribution in [-0.2, 0) is 11.8 Å². The minimum atomic E-state index is -0.513. The summed E-state index contributed by atoms with van der Waals surface area (Å²) in [7, 11) is 1.57. The zero-order valence-corrected chi connectivity index (χ0v) is 15.6. The molecule has 1 aliphatic heterocycles. The fourth-order valence-electron chi connectivity index (χ4n) is 3.06. The first-order valence-corrected chi connectivity index (χ1v) is 8.95. The van der Waals surface area contributed by atoms with Crippen LogP contribution in [0.1, 0.15) is 40.0 Å². The minimum absolute atomic E-state index is 0.208. The van der Waals surface area contributed by atoms with Crippen molar-refractivity contribution in [3.05, 3.63) is 74.7 Å². The maximum Gasteiger partial charge on any atom is 0.265 e. The van der Waals surface area contributed by atoms with Crippen molar-refractivity contribution in [2.75, 3.05) is 13.2 Å². The van der Waals surface area contributed by atoms with E-state index in [1.807, 2.05) is 24.3 Å². The zero-order valence-electron chi connectivity index (χ0n) is 15.6. The number of aryl methyl sites for hydroxylation is 1. The fourth-order valence-corrected chi connectivity index (χ4v) is 3.06. The monoisotopic (exact) mass is 365 g/mol. The number of aromatic hydroxyl groups is 1. The molecule has 1 aromatic heterocycles. The third-order valence-corrected chi connectivity index (χ3v) is 4.74. The largest absolute Gasteiger partial charge is 0.507 e. The van der Waals surface area contributed by atoms with Gasteiger partial charge in [-0.15, -0.1) is 0 Å². The number of carbonyl (C=O) groups excluding carboxylic acids is 1. The molecule has 0 radical (unpaired) electrons. The number of carbonyl (C=O) groups is 1. The molecule has 1 saturated heterocycles. The first-order valence-electron chi connectivity index (χ1n) is 8.95. The van der Waals surface area contributed by atoms with E-state index in [2.05, 4.69) is 6.08 Å². The average Bonchev–Trinajstić information content (AvgIpc) is 2.66. The lowest BCUT2D eigenvalue weighted by Gasteiger charge is -2.14. The van der Waals surface area contributed by atoms with Gasteiger partial charge in [-0.05, 0) is 43.0 Å². The van der Waals surface area contributed by atoms with E-state index in [1.54, 1.807) is 20.0 Å². The molecule has 2 aromatic rings. The normalized spacial score (nSPS) is 14.5. The van der Waals surface area contributed by atoms with Crippen molar-refractivity contribution in [1.82, 2.24) is 4.57 Å². The van der Waals surface area contributed by atoms with E-state index in [1.165, 1.54) is 22.3 Å². The lowest BCUT2D eigenvalue weighted by atomic mass is 10.0. The third kappa shape index (κ3) is 4.44. The van der Waals surface area contributed by atoms with Crippen LogP contribution in [0.15, 0.2) is 46.8 Å². The number of hydrogen-bond donors (Lipinski definition) is 1. The van der Waals surface area contributed by atoms with Crippen molar-refractivity contribution >= 4 is 17.9 Å². The molecule has 140 valence electrons. The Hall–Kier alpha value is -2.92. The van der Waals surface area contributed by atoms with E-state index >= 15 is 0 Å². The SMILES string of the molecule is Cc1cc(O)c(C(=O)/C=C/c2cccc(C=C3CCOCC3)c2)c(=O)n1C. The van der Waals surface area contributed by atoms with Crippen molar-refractivity contribution in [3.63, 3.8) is 0 Å². The van der Waals surface area contributed by atoms with Crippen molar-refractivity contribution in [3.8, 4) is 5.75 Å². The first-order chi connectivity index (χ1) is 13.0. The second-order valence-electron chi connectivity index (χ2n) is 6.69. The second kappa shape index (κ2) is 8.18. The number of benzene rings is 1. The number of nitrogens with zero attached hydrogens (tertiary/aromatic N) is 1. The topological polar surface area (TPSA) is 68.5 Å². The average molecular weight is 365 g/mol. The van der Waals surface area contributed by atoms with Crippen LogP contribution in [0.4, 0.5) is 0 Å². The van der Waals surface area contributed by atoms with Gasteiger partial charge in [0.1, 0.15) is 11.3 Å². The summed E-state index contributed by atoms with van der Waals surface area (Å²) in [6.45, 7) is 3.22. The summed E-state index contributed by atoms with van der Waals surface area (Å²) < 4.78 is 6.71. The highest BCUT2D eigenvalue weighted by Gasteiger charge is 2.16. The molecule has 0 aliphatic carbocycles. The van der Waals surface area contributed by atoms with E-state index in [0.29, 0.717) is 5.69 Å². The highest BCUT2D eigenvalue weighted by Crippen LogP contribution is 2.19. The first kappa shape index (κ1) is 18.9. The Labute approximate surface area is 158 Å². The number of aromatic nitrogens is 1. The van der Waals surface area contributed by atoms with Crippen molar-refractivity contribution < 1.29 is 14.6 Å². The van der Waals surface area contributed by atoms with E-state index in [0.717, 1.165) is 37.2 Å². The van der Waals surface area contributed by atoms with Crippen LogP contribution >= 0.6 is 0 Å². The van der Waals surface area contributed by atoms with E-state index < -0.39 is 11.3 Å². The van der Waals surface area contributed by atoms with E-state index in [4.69, 9.17) is 4.74 Å². The number of pyridine rings is 1.